The molecule has 154 valence electrons. The van der Waals surface area contributed by atoms with Crippen LogP contribution in [0.25, 0.3) is 0 Å². The minimum absolute atomic E-state index is 0.0280. The Hall–Kier alpha value is -2.68. The first kappa shape index (κ1) is 19.6. The van der Waals surface area contributed by atoms with Crippen LogP contribution < -0.4 is 4.90 Å². The summed E-state index contributed by atoms with van der Waals surface area (Å²) in [5.41, 5.74) is -1.22. The predicted octanol–water partition coefficient (Wildman–Crippen LogP) is 2.78. The van der Waals surface area contributed by atoms with Crippen LogP contribution in [0, 0.1) is 12.8 Å². The summed E-state index contributed by atoms with van der Waals surface area (Å²) in [6.07, 6.45) is -2.91. The number of benzene rings is 1. The second-order valence-corrected chi connectivity index (χ2v) is 7.43. The molecule has 2 bridgehead atoms. The largest absolute Gasteiger partial charge is 0.417 e. The fraction of sp³-hybridized carbons (Fsp3) is 0.450. The number of carbonyl (C=O) groups is 1. The maximum atomic E-state index is 13.4. The number of carbonyl (C=O) groups excluding carboxylic acids is 1. The molecule has 1 aromatic carbocycles. The zero-order chi connectivity index (χ0) is 20.6. The van der Waals surface area contributed by atoms with Gasteiger partial charge in [-0.05, 0) is 25.1 Å². The lowest BCUT2D eigenvalue weighted by molar-refractivity contribution is -0.138. The molecule has 4 rings (SSSR count). The lowest BCUT2D eigenvalue weighted by Gasteiger charge is -2.32. The third-order valence-electron chi connectivity index (χ3n) is 5.27. The molecule has 0 N–H and O–H groups in total. The van der Waals surface area contributed by atoms with E-state index in [4.69, 9.17) is 4.74 Å². The van der Waals surface area contributed by atoms with E-state index in [1.807, 2.05) is 0 Å². The SMILES string of the molecule is Cc1nccc(N2C[C@H]3COC[C@@H]2CN(C(=O)c2ccccc2C(F)(F)F)C3)n1. The van der Waals surface area contributed by atoms with Crippen LogP contribution >= 0.6 is 0 Å². The van der Waals surface area contributed by atoms with Crippen molar-refractivity contribution >= 4 is 11.7 Å². The Morgan fingerprint density at radius 3 is 2.69 bits per heavy atom. The number of halogens is 3. The first-order chi connectivity index (χ1) is 13.8. The van der Waals surface area contributed by atoms with Crippen LogP contribution in [0.5, 0.6) is 0 Å². The average molecular weight is 406 g/mol. The quantitative estimate of drug-likeness (QED) is 0.768. The summed E-state index contributed by atoms with van der Waals surface area (Å²) < 4.78 is 45.9. The van der Waals surface area contributed by atoms with Gasteiger partial charge in [-0.15, -0.1) is 0 Å². The summed E-state index contributed by atoms with van der Waals surface area (Å²) in [6.45, 7) is 3.85. The normalized spacial score (nSPS) is 22.3. The molecular formula is C20H21F3N4O2. The first-order valence-corrected chi connectivity index (χ1v) is 9.42. The highest BCUT2D eigenvalue weighted by Crippen LogP contribution is 2.33. The Labute approximate surface area is 166 Å². The number of amides is 1. The molecule has 2 atom stereocenters. The number of hydrogen-bond acceptors (Lipinski definition) is 5. The van der Waals surface area contributed by atoms with E-state index in [0.29, 0.717) is 32.1 Å². The minimum Gasteiger partial charge on any atom is -0.379 e. The number of fused-ring (bicyclic) bond motifs is 3. The van der Waals surface area contributed by atoms with Gasteiger partial charge in [0, 0.05) is 31.7 Å². The van der Waals surface area contributed by atoms with E-state index in [-0.39, 0.29) is 24.1 Å². The molecular weight excluding hydrogens is 385 g/mol. The Balaban J connectivity index is 1.64. The van der Waals surface area contributed by atoms with E-state index in [1.165, 1.54) is 23.1 Å². The van der Waals surface area contributed by atoms with Gasteiger partial charge in [-0.1, -0.05) is 12.1 Å². The number of rotatable bonds is 2. The minimum atomic E-state index is -4.58. The topological polar surface area (TPSA) is 58.6 Å². The van der Waals surface area contributed by atoms with E-state index < -0.39 is 17.6 Å². The van der Waals surface area contributed by atoms with Gasteiger partial charge in [-0.2, -0.15) is 13.2 Å². The van der Waals surface area contributed by atoms with Crippen LogP contribution in [0.2, 0.25) is 0 Å². The first-order valence-electron chi connectivity index (χ1n) is 9.42. The van der Waals surface area contributed by atoms with Gasteiger partial charge in [0.2, 0.25) is 0 Å². The van der Waals surface area contributed by atoms with Crippen molar-refractivity contribution in [1.82, 2.24) is 14.9 Å². The fourth-order valence-corrected chi connectivity index (χ4v) is 3.98. The number of alkyl halides is 3. The number of aryl methyl sites for hydroxylation is 1. The van der Waals surface area contributed by atoms with Gasteiger partial charge in [-0.3, -0.25) is 4.79 Å². The van der Waals surface area contributed by atoms with Gasteiger partial charge in [0.05, 0.1) is 30.4 Å². The van der Waals surface area contributed by atoms with Crippen LogP contribution in [0.1, 0.15) is 21.7 Å². The molecule has 2 saturated heterocycles. The van der Waals surface area contributed by atoms with Crippen molar-refractivity contribution < 1.29 is 22.7 Å². The van der Waals surface area contributed by atoms with Gasteiger partial charge < -0.3 is 14.5 Å². The van der Waals surface area contributed by atoms with Gasteiger partial charge in [0.25, 0.3) is 5.91 Å². The van der Waals surface area contributed by atoms with Crippen LogP contribution in [0.3, 0.4) is 0 Å². The van der Waals surface area contributed by atoms with Crippen molar-refractivity contribution in [2.45, 2.75) is 19.1 Å². The molecule has 29 heavy (non-hydrogen) atoms. The zero-order valence-electron chi connectivity index (χ0n) is 15.9. The van der Waals surface area contributed by atoms with Crippen molar-refractivity contribution in [3.05, 3.63) is 53.5 Å². The van der Waals surface area contributed by atoms with Gasteiger partial charge >= 0.3 is 6.18 Å². The van der Waals surface area contributed by atoms with Crippen molar-refractivity contribution in [1.29, 1.82) is 0 Å². The fourth-order valence-electron chi connectivity index (χ4n) is 3.98. The lowest BCUT2D eigenvalue weighted by atomic mass is 10.0. The summed E-state index contributed by atoms with van der Waals surface area (Å²) in [4.78, 5) is 25.3. The van der Waals surface area contributed by atoms with Crippen molar-refractivity contribution in [3.63, 3.8) is 0 Å². The van der Waals surface area contributed by atoms with Crippen molar-refractivity contribution in [2.75, 3.05) is 37.7 Å². The van der Waals surface area contributed by atoms with Crippen LogP contribution in [0.15, 0.2) is 36.5 Å². The molecule has 6 nitrogen and oxygen atoms in total. The van der Waals surface area contributed by atoms with Gasteiger partial charge in [-0.25, -0.2) is 9.97 Å². The van der Waals surface area contributed by atoms with E-state index in [2.05, 4.69) is 14.9 Å². The standard InChI is InChI=1S/C20H21F3N4O2/c1-13-24-7-6-18(25-13)27-9-14-8-26(10-15(27)12-29-11-14)19(28)16-4-2-3-5-17(16)20(21,22)23/h2-7,14-15H,8-12H2,1H3/t14-,15-/m0/s1. The molecule has 0 unspecified atom stereocenters. The highest BCUT2D eigenvalue weighted by Gasteiger charge is 2.39. The monoisotopic (exact) mass is 406 g/mol. The maximum Gasteiger partial charge on any atom is 0.417 e. The number of aromatic nitrogens is 2. The predicted molar refractivity (Wildman–Crippen MR) is 99.6 cm³/mol. The van der Waals surface area contributed by atoms with E-state index in [9.17, 15) is 18.0 Å². The Morgan fingerprint density at radius 1 is 1.14 bits per heavy atom. The van der Waals surface area contributed by atoms with E-state index in [1.54, 1.807) is 19.2 Å². The lowest BCUT2D eigenvalue weighted by Crippen LogP contribution is -2.46. The maximum absolute atomic E-state index is 13.4. The summed E-state index contributed by atoms with van der Waals surface area (Å²) in [6, 6.07) is 6.56. The third kappa shape index (κ3) is 4.05. The molecule has 3 heterocycles. The molecule has 0 radical (unpaired) electrons. The summed E-state index contributed by atoms with van der Waals surface area (Å²) in [5, 5.41) is 0. The molecule has 9 heteroatoms. The highest BCUT2D eigenvalue weighted by molar-refractivity contribution is 5.96. The molecule has 0 aliphatic carbocycles. The number of nitrogens with zero attached hydrogens (tertiary/aromatic N) is 4. The summed E-state index contributed by atoms with van der Waals surface area (Å²) >= 11 is 0. The number of ether oxygens (including phenoxy) is 1. The highest BCUT2D eigenvalue weighted by atomic mass is 19.4. The zero-order valence-corrected chi connectivity index (χ0v) is 15.9. The molecule has 2 aliphatic rings. The van der Waals surface area contributed by atoms with E-state index >= 15 is 0 Å². The van der Waals surface area contributed by atoms with Gasteiger partial charge in [0.15, 0.2) is 0 Å². The molecule has 0 spiro atoms. The molecule has 1 amide bonds. The number of hydrogen-bond donors (Lipinski definition) is 0. The third-order valence-corrected chi connectivity index (χ3v) is 5.27. The Bertz CT molecular complexity index is 905. The van der Waals surface area contributed by atoms with Crippen molar-refractivity contribution in [3.8, 4) is 0 Å². The second-order valence-electron chi connectivity index (χ2n) is 7.43. The molecule has 2 aromatic rings. The Morgan fingerprint density at radius 2 is 1.93 bits per heavy atom. The van der Waals surface area contributed by atoms with Crippen LogP contribution in [0.4, 0.5) is 19.0 Å². The van der Waals surface area contributed by atoms with Crippen molar-refractivity contribution in [2.24, 2.45) is 5.92 Å². The van der Waals surface area contributed by atoms with Crippen LogP contribution in [-0.2, 0) is 10.9 Å². The Kier molecular flexibility index (Phi) is 5.16. The molecule has 1 aromatic heterocycles. The number of anilines is 1. The van der Waals surface area contributed by atoms with Gasteiger partial charge in [0.1, 0.15) is 11.6 Å². The molecule has 2 aliphatic heterocycles. The average Bonchev–Trinajstić information content (AvgIpc) is 2.98. The van der Waals surface area contributed by atoms with E-state index in [0.717, 1.165) is 11.9 Å². The molecule has 0 saturated carbocycles. The van der Waals surface area contributed by atoms with Crippen LogP contribution in [-0.4, -0.2) is 59.7 Å². The molecule has 2 fully saturated rings. The smallest absolute Gasteiger partial charge is 0.379 e. The summed E-state index contributed by atoms with van der Waals surface area (Å²) in [7, 11) is 0. The second kappa shape index (κ2) is 7.62. The summed E-state index contributed by atoms with van der Waals surface area (Å²) in [5.74, 6) is 0.743.